The molecule has 0 saturated carbocycles. The summed E-state index contributed by atoms with van der Waals surface area (Å²) >= 11 is 5.69. The summed E-state index contributed by atoms with van der Waals surface area (Å²) in [6, 6.07) is 2.32. The quantitative estimate of drug-likeness (QED) is 0.659. The van der Waals surface area contributed by atoms with Gasteiger partial charge in [0.05, 0.1) is 0 Å². The van der Waals surface area contributed by atoms with Crippen molar-refractivity contribution in [2.45, 2.75) is 45.4 Å². The lowest BCUT2D eigenvalue weighted by molar-refractivity contribution is 0.554. The third-order valence-electron chi connectivity index (χ3n) is 2.41. The van der Waals surface area contributed by atoms with E-state index in [1.54, 1.807) is 0 Å². The van der Waals surface area contributed by atoms with Crippen molar-refractivity contribution in [1.29, 1.82) is 0 Å². The van der Waals surface area contributed by atoms with Crippen molar-refractivity contribution in [2.75, 3.05) is 0 Å². The van der Waals surface area contributed by atoms with Crippen LogP contribution in [0.25, 0.3) is 0 Å². The zero-order chi connectivity index (χ0) is 10.7. The molecule has 0 aromatic carbocycles. The largest absolute Gasteiger partial charge is 0.146 e. The van der Waals surface area contributed by atoms with Gasteiger partial charge in [-0.3, -0.25) is 0 Å². The van der Waals surface area contributed by atoms with Crippen molar-refractivity contribution in [3.8, 4) is 0 Å². The van der Waals surface area contributed by atoms with Gasteiger partial charge < -0.3 is 0 Å². The van der Waals surface area contributed by atoms with E-state index < -0.39 is 0 Å². The molecule has 1 rings (SSSR count). The number of halogens is 1. The summed E-state index contributed by atoms with van der Waals surface area (Å²) in [7, 11) is 0. The minimum Gasteiger partial charge on any atom is -0.146 e. The molecule has 1 atom stereocenters. The van der Waals surface area contributed by atoms with Crippen LogP contribution in [0.4, 0.5) is 0 Å². The van der Waals surface area contributed by atoms with Crippen LogP contribution in [-0.4, -0.2) is 0 Å². The highest BCUT2D eigenvalue weighted by Gasteiger charge is 2.12. The summed E-state index contributed by atoms with van der Waals surface area (Å²) in [6.07, 6.45) is 2.54. The first-order chi connectivity index (χ1) is 6.50. The maximum absolute atomic E-state index is 3.79. The zero-order valence-corrected chi connectivity index (χ0v) is 11.8. The van der Waals surface area contributed by atoms with Gasteiger partial charge in [-0.1, -0.05) is 29.8 Å². The van der Waals surface area contributed by atoms with E-state index in [-0.39, 0.29) is 0 Å². The molecule has 1 unspecified atom stereocenters. The molecule has 0 saturated heterocycles. The molecular formula is C12H19BrS. The maximum atomic E-state index is 3.79. The molecule has 1 heterocycles. The molecule has 2 heteroatoms. The second-order valence-electron chi connectivity index (χ2n) is 4.31. The van der Waals surface area contributed by atoms with E-state index in [0.717, 1.165) is 5.92 Å². The Kier molecular flexibility index (Phi) is 4.65. The summed E-state index contributed by atoms with van der Waals surface area (Å²) in [4.78, 5) is 3.44. The number of thiophene rings is 1. The number of hydrogen-bond acceptors (Lipinski definition) is 1. The molecular weight excluding hydrogens is 256 g/mol. The van der Waals surface area contributed by atoms with E-state index in [1.807, 2.05) is 11.3 Å². The topological polar surface area (TPSA) is 0 Å². The monoisotopic (exact) mass is 274 g/mol. The molecule has 0 fully saturated rings. The summed E-state index contributed by atoms with van der Waals surface area (Å²) in [6.45, 7) is 8.97. The molecule has 1 aromatic rings. The first-order valence-electron chi connectivity index (χ1n) is 5.21. The molecule has 1 aromatic heterocycles. The Labute approximate surface area is 99.9 Å². The van der Waals surface area contributed by atoms with Crippen molar-refractivity contribution in [3.63, 3.8) is 0 Å². The third-order valence-corrected chi connectivity index (χ3v) is 4.35. The highest BCUT2D eigenvalue weighted by molar-refractivity contribution is 9.09. The fourth-order valence-electron chi connectivity index (χ4n) is 1.60. The van der Waals surface area contributed by atoms with Crippen molar-refractivity contribution in [3.05, 3.63) is 21.4 Å². The van der Waals surface area contributed by atoms with Gasteiger partial charge in [0.1, 0.15) is 0 Å². The Morgan fingerprint density at radius 2 is 1.93 bits per heavy atom. The van der Waals surface area contributed by atoms with Gasteiger partial charge >= 0.3 is 0 Å². The Hall–Kier alpha value is 0.180. The van der Waals surface area contributed by atoms with Crippen LogP contribution in [0, 0.1) is 19.8 Å². The number of hydrogen-bond donors (Lipinski definition) is 0. The SMILES string of the molecule is Cc1cc(C(Br)CCC(C)C)c(C)s1. The maximum Gasteiger partial charge on any atom is 0.0406 e. The summed E-state index contributed by atoms with van der Waals surface area (Å²) in [5, 5.41) is 0. The molecule has 14 heavy (non-hydrogen) atoms. The second-order valence-corrected chi connectivity index (χ2v) is 6.87. The zero-order valence-electron chi connectivity index (χ0n) is 9.43. The first-order valence-corrected chi connectivity index (χ1v) is 6.95. The second kappa shape index (κ2) is 5.32. The van der Waals surface area contributed by atoms with Crippen LogP contribution in [0.1, 0.15) is 46.8 Å². The lowest BCUT2D eigenvalue weighted by Crippen LogP contribution is -1.94. The minimum absolute atomic E-state index is 0.551. The molecule has 80 valence electrons. The molecule has 0 aliphatic heterocycles. The molecule has 0 spiro atoms. The van der Waals surface area contributed by atoms with Crippen LogP contribution >= 0.6 is 27.3 Å². The molecule has 0 nitrogen and oxygen atoms in total. The Morgan fingerprint density at radius 1 is 1.29 bits per heavy atom. The molecule has 0 radical (unpaired) electrons. The molecule has 0 N–H and O–H groups in total. The van der Waals surface area contributed by atoms with Crippen LogP contribution in [-0.2, 0) is 0 Å². The van der Waals surface area contributed by atoms with Crippen LogP contribution < -0.4 is 0 Å². The van der Waals surface area contributed by atoms with Crippen molar-refractivity contribution < 1.29 is 0 Å². The smallest absolute Gasteiger partial charge is 0.0406 e. The highest BCUT2D eigenvalue weighted by Crippen LogP contribution is 2.35. The van der Waals surface area contributed by atoms with E-state index in [0.29, 0.717) is 4.83 Å². The molecule has 0 amide bonds. The first kappa shape index (κ1) is 12.3. The predicted octanol–water partition coefficient (Wildman–Crippen LogP) is 5.24. The molecule has 0 aliphatic carbocycles. The fraction of sp³-hybridized carbons (Fsp3) is 0.667. The predicted molar refractivity (Wildman–Crippen MR) is 69.5 cm³/mol. The van der Waals surface area contributed by atoms with Gasteiger partial charge in [0.15, 0.2) is 0 Å². The minimum atomic E-state index is 0.551. The van der Waals surface area contributed by atoms with E-state index in [1.165, 1.54) is 28.2 Å². The summed E-state index contributed by atoms with van der Waals surface area (Å²) in [5.74, 6) is 0.801. The molecule has 0 aliphatic rings. The van der Waals surface area contributed by atoms with E-state index in [9.17, 15) is 0 Å². The standard InChI is InChI=1S/C12H19BrS/c1-8(2)5-6-12(13)11-7-9(3)14-10(11)4/h7-8,12H,5-6H2,1-4H3. The van der Waals surface area contributed by atoms with Gasteiger partial charge in [-0.25, -0.2) is 0 Å². The lowest BCUT2D eigenvalue weighted by atomic mass is 10.0. The summed E-state index contributed by atoms with van der Waals surface area (Å²) < 4.78 is 0. The van der Waals surface area contributed by atoms with Gasteiger partial charge in [0.25, 0.3) is 0 Å². The number of aryl methyl sites for hydroxylation is 2. The van der Waals surface area contributed by atoms with E-state index >= 15 is 0 Å². The Bertz CT molecular complexity index is 289. The van der Waals surface area contributed by atoms with Gasteiger partial charge in [-0.05, 0) is 44.2 Å². The fourth-order valence-corrected chi connectivity index (χ4v) is 3.48. The number of rotatable bonds is 4. The van der Waals surface area contributed by atoms with Gasteiger partial charge in [-0.15, -0.1) is 11.3 Å². The van der Waals surface area contributed by atoms with Crippen LogP contribution in [0.15, 0.2) is 6.07 Å². The van der Waals surface area contributed by atoms with Crippen molar-refractivity contribution in [2.24, 2.45) is 5.92 Å². The van der Waals surface area contributed by atoms with Crippen molar-refractivity contribution in [1.82, 2.24) is 0 Å². The van der Waals surface area contributed by atoms with Crippen LogP contribution in [0.5, 0.6) is 0 Å². The van der Waals surface area contributed by atoms with E-state index in [4.69, 9.17) is 0 Å². The number of alkyl halides is 1. The van der Waals surface area contributed by atoms with E-state index in [2.05, 4.69) is 49.7 Å². The Balaban J connectivity index is 2.60. The van der Waals surface area contributed by atoms with Crippen LogP contribution in [0.2, 0.25) is 0 Å². The van der Waals surface area contributed by atoms with Crippen molar-refractivity contribution >= 4 is 27.3 Å². The van der Waals surface area contributed by atoms with Gasteiger partial charge in [0, 0.05) is 14.6 Å². The normalized spacial score (nSPS) is 13.6. The lowest BCUT2D eigenvalue weighted by Gasteiger charge is -2.11. The van der Waals surface area contributed by atoms with Gasteiger partial charge in [0.2, 0.25) is 0 Å². The van der Waals surface area contributed by atoms with Crippen LogP contribution in [0.3, 0.4) is 0 Å². The molecule has 0 bridgehead atoms. The highest BCUT2D eigenvalue weighted by atomic mass is 79.9. The third kappa shape index (κ3) is 3.39. The average Bonchev–Trinajstić information content (AvgIpc) is 2.41. The van der Waals surface area contributed by atoms with Gasteiger partial charge in [-0.2, -0.15) is 0 Å². The average molecular weight is 275 g/mol. The summed E-state index contributed by atoms with van der Waals surface area (Å²) in [5.41, 5.74) is 1.49. The Morgan fingerprint density at radius 3 is 2.36 bits per heavy atom.